The van der Waals surface area contributed by atoms with Gasteiger partial charge in [-0.3, -0.25) is 10.1 Å². The highest BCUT2D eigenvalue weighted by Gasteiger charge is 2.16. The molecule has 4 aromatic rings. The van der Waals surface area contributed by atoms with Crippen molar-refractivity contribution < 1.29 is 18.8 Å². The van der Waals surface area contributed by atoms with Crippen LogP contribution in [0, 0.1) is 21.4 Å². The summed E-state index contributed by atoms with van der Waals surface area (Å²) in [6, 6.07) is 10.7. The molecule has 10 nitrogen and oxygen atoms in total. The molecule has 0 atom stereocenters. The molecule has 2 heterocycles. The lowest BCUT2D eigenvalue weighted by Crippen LogP contribution is -2.03. The van der Waals surface area contributed by atoms with Crippen LogP contribution >= 0.6 is 22.9 Å². The number of allylic oxidation sites excluding steroid dienone is 1. The molecule has 4 rings (SSSR count). The lowest BCUT2D eigenvalue weighted by molar-refractivity contribution is -0.384. The van der Waals surface area contributed by atoms with E-state index in [1.54, 1.807) is 17.5 Å². The number of nitrogens with one attached hydrogen (secondary N) is 1. The smallest absolute Gasteiger partial charge is 0.345 e. The van der Waals surface area contributed by atoms with Gasteiger partial charge in [-0.15, -0.1) is 11.3 Å². The Balaban J connectivity index is 1.68. The third kappa shape index (κ3) is 4.79. The predicted octanol–water partition coefficient (Wildman–Crippen LogP) is 5.47. The van der Waals surface area contributed by atoms with Gasteiger partial charge in [0.05, 0.1) is 41.1 Å². The second kappa shape index (κ2) is 9.84. The Kier molecular flexibility index (Phi) is 6.68. The van der Waals surface area contributed by atoms with Crippen molar-refractivity contribution in [1.82, 2.24) is 4.98 Å². The van der Waals surface area contributed by atoms with E-state index < -0.39 is 10.5 Å². The number of ether oxygens (including phenoxy) is 2. The highest BCUT2D eigenvalue weighted by atomic mass is 35.5. The molecule has 2 aromatic heterocycles. The van der Waals surface area contributed by atoms with Crippen molar-refractivity contribution in [1.29, 1.82) is 5.26 Å². The molecule has 0 saturated carbocycles. The first-order chi connectivity index (χ1) is 16.8. The van der Waals surface area contributed by atoms with Crippen molar-refractivity contribution in [2.45, 2.75) is 0 Å². The van der Waals surface area contributed by atoms with E-state index in [9.17, 15) is 20.2 Å². The normalized spacial score (nSPS) is 11.2. The first kappa shape index (κ1) is 23.7. The van der Waals surface area contributed by atoms with Crippen LogP contribution < -0.4 is 20.4 Å². The molecule has 0 aliphatic rings. The number of halogens is 1. The van der Waals surface area contributed by atoms with Crippen molar-refractivity contribution >= 4 is 50.9 Å². The average molecular weight is 511 g/mol. The summed E-state index contributed by atoms with van der Waals surface area (Å²) < 4.78 is 15.8. The van der Waals surface area contributed by atoms with Crippen LogP contribution in [0.2, 0.25) is 5.02 Å². The monoisotopic (exact) mass is 510 g/mol. The summed E-state index contributed by atoms with van der Waals surface area (Å²) in [6.45, 7) is 0. The lowest BCUT2D eigenvalue weighted by atomic mass is 10.1. The second-order valence-electron chi connectivity index (χ2n) is 6.97. The fourth-order valence-corrected chi connectivity index (χ4v) is 4.21. The summed E-state index contributed by atoms with van der Waals surface area (Å²) in [7, 11) is 2.96. The van der Waals surface area contributed by atoms with E-state index in [1.165, 1.54) is 44.7 Å². The number of rotatable bonds is 7. The standard InChI is InChI=1S/C23H15ClN4O6S/c1-32-20-8-17(21(33-2)7-16(20)24)26-10-13(9-25)22-27-18(11-35-22)15-6-12-5-14(28(30)31)3-4-19(12)34-23(15)29/h3-8,10-11,26H,1-2H3. The van der Waals surface area contributed by atoms with Gasteiger partial charge in [-0.1, -0.05) is 11.6 Å². The first-order valence-electron chi connectivity index (χ1n) is 9.81. The van der Waals surface area contributed by atoms with Gasteiger partial charge in [0.2, 0.25) is 0 Å². The highest BCUT2D eigenvalue weighted by Crippen LogP contribution is 2.36. The second-order valence-corrected chi connectivity index (χ2v) is 8.23. The van der Waals surface area contributed by atoms with Gasteiger partial charge in [-0.25, -0.2) is 9.78 Å². The molecule has 176 valence electrons. The zero-order chi connectivity index (χ0) is 25.1. The topological polar surface area (TPSA) is 141 Å². The largest absolute Gasteiger partial charge is 0.495 e. The van der Waals surface area contributed by atoms with E-state index in [0.717, 1.165) is 11.3 Å². The molecule has 2 aromatic carbocycles. The molecule has 0 aliphatic heterocycles. The van der Waals surface area contributed by atoms with Gasteiger partial charge in [0.25, 0.3) is 5.69 Å². The fraction of sp³-hybridized carbons (Fsp3) is 0.0870. The Hall–Kier alpha value is -4.40. The van der Waals surface area contributed by atoms with E-state index in [4.69, 9.17) is 25.5 Å². The van der Waals surface area contributed by atoms with Gasteiger partial charge in [-0.2, -0.15) is 5.26 Å². The lowest BCUT2D eigenvalue weighted by Gasteiger charge is -2.12. The van der Waals surface area contributed by atoms with Crippen molar-refractivity contribution in [2.24, 2.45) is 0 Å². The van der Waals surface area contributed by atoms with Crippen LogP contribution in [0.1, 0.15) is 5.01 Å². The van der Waals surface area contributed by atoms with Crippen LogP contribution in [-0.4, -0.2) is 24.1 Å². The maximum atomic E-state index is 12.5. The molecule has 12 heteroatoms. The number of nitro benzene ring substituents is 1. The molecule has 0 unspecified atom stereocenters. The minimum absolute atomic E-state index is 0.120. The number of benzene rings is 2. The van der Waals surface area contributed by atoms with E-state index >= 15 is 0 Å². The molecule has 0 radical (unpaired) electrons. The van der Waals surface area contributed by atoms with Crippen molar-refractivity contribution in [3.8, 4) is 28.8 Å². The van der Waals surface area contributed by atoms with Crippen molar-refractivity contribution in [2.75, 3.05) is 19.5 Å². The zero-order valence-electron chi connectivity index (χ0n) is 18.2. The maximum Gasteiger partial charge on any atom is 0.345 e. The Morgan fingerprint density at radius 3 is 2.71 bits per heavy atom. The molecular formula is C23H15ClN4O6S. The maximum absolute atomic E-state index is 12.5. The predicted molar refractivity (Wildman–Crippen MR) is 132 cm³/mol. The summed E-state index contributed by atoms with van der Waals surface area (Å²) >= 11 is 7.27. The molecule has 0 spiro atoms. The minimum Gasteiger partial charge on any atom is -0.495 e. The van der Waals surface area contributed by atoms with E-state index in [0.29, 0.717) is 32.6 Å². The number of hydrogen-bond donors (Lipinski definition) is 1. The van der Waals surface area contributed by atoms with Crippen LogP contribution in [0.5, 0.6) is 11.5 Å². The summed E-state index contributed by atoms with van der Waals surface area (Å²) in [6.07, 6.45) is 1.44. The number of hydrogen-bond acceptors (Lipinski definition) is 10. The third-order valence-electron chi connectivity index (χ3n) is 4.90. The Morgan fingerprint density at radius 2 is 2.03 bits per heavy atom. The number of thiazole rings is 1. The number of fused-ring (bicyclic) bond motifs is 1. The molecule has 0 bridgehead atoms. The van der Waals surface area contributed by atoms with Crippen LogP contribution in [0.3, 0.4) is 0 Å². The summed E-state index contributed by atoms with van der Waals surface area (Å²) in [4.78, 5) is 27.4. The van der Waals surface area contributed by atoms with E-state index in [-0.39, 0.29) is 28.1 Å². The Labute approximate surface area is 206 Å². The zero-order valence-corrected chi connectivity index (χ0v) is 19.8. The quantitative estimate of drug-likeness (QED) is 0.148. The average Bonchev–Trinajstić information content (AvgIpc) is 3.33. The number of nitriles is 1. The van der Waals surface area contributed by atoms with Gasteiger partial charge in [0.15, 0.2) is 0 Å². The Morgan fingerprint density at radius 1 is 1.26 bits per heavy atom. The minimum atomic E-state index is -0.651. The number of non-ortho nitro benzene ring substituents is 1. The van der Waals surface area contributed by atoms with Crippen LogP contribution in [0.4, 0.5) is 11.4 Å². The summed E-state index contributed by atoms with van der Waals surface area (Å²) in [5.74, 6) is 0.855. The first-order valence-corrected chi connectivity index (χ1v) is 11.1. The fourth-order valence-electron chi connectivity index (χ4n) is 3.19. The number of anilines is 1. The molecule has 1 N–H and O–H groups in total. The van der Waals surface area contributed by atoms with Gasteiger partial charge in [0, 0.05) is 41.2 Å². The van der Waals surface area contributed by atoms with Crippen LogP contribution in [0.15, 0.2) is 57.2 Å². The van der Waals surface area contributed by atoms with Gasteiger partial charge >= 0.3 is 5.63 Å². The van der Waals surface area contributed by atoms with Crippen molar-refractivity contribution in [3.05, 3.63) is 78.5 Å². The number of methoxy groups -OCH3 is 2. The van der Waals surface area contributed by atoms with E-state index in [1.807, 2.05) is 0 Å². The van der Waals surface area contributed by atoms with E-state index in [2.05, 4.69) is 16.4 Å². The third-order valence-corrected chi connectivity index (χ3v) is 6.07. The van der Waals surface area contributed by atoms with Gasteiger partial charge in [0.1, 0.15) is 33.7 Å². The number of aromatic nitrogens is 1. The highest BCUT2D eigenvalue weighted by molar-refractivity contribution is 7.11. The van der Waals surface area contributed by atoms with Crippen molar-refractivity contribution in [3.63, 3.8) is 0 Å². The number of nitro groups is 1. The molecule has 0 amide bonds. The van der Waals surface area contributed by atoms with Gasteiger partial charge in [-0.05, 0) is 12.1 Å². The molecule has 0 aliphatic carbocycles. The molecular weight excluding hydrogens is 496 g/mol. The molecule has 35 heavy (non-hydrogen) atoms. The van der Waals surface area contributed by atoms with Crippen LogP contribution in [-0.2, 0) is 0 Å². The summed E-state index contributed by atoms with van der Waals surface area (Å²) in [5, 5.41) is 26.4. The molecule has 0 fully saturated rings. The number of nitrogens with zero attached hydrogens (tertiary/aromatic N) is 3. The Bertz CT molecular complexity index is 1590. The SMILES string of the molecule is COc1cc(NC=C(C#N)c2nc(-c3cc4cc([N+](=O)[O-])ccc4oc3=O)cs2)c(OC)cc1Cl. The summed E-state index contributed by atoms with van der Waals surface area (Å²) in [5.41, 5.74) is 0.532. The molecule has 0 saturated heterocycles. The van der Waals surface area contributed by atoms with Gasteiger partial charge < -0.3 is 19.2 Å². The van der Waals surface area contributed by atoms with Crippen LogP contribution in [0.25, 0.3) is 27.8 Å².